The molecule has 1 saturated heterocycles. The average Bonchev–Trinajstić information content (AvgIpc) is 3.57. The molecule has 4 aromatic rings. The number of aromatic nitrogens is 1. The lowest BCUT2D eigenvalue weighted by molar-refractivity contribution is -0.132. The minimum absolute atomic E-state index is 0.0502. The zero-order valence-corrected chi connectivity index (χ0v) is 25.4. The van der Waals surface area contributed by atoms with Crippen molar-refractivity contribution in [1.82, 2.24) is 4.98 Å². The number of thiazole rings is 1. The van der Waals surface area contributed by atoms with Gasteiger partial charge in [-0.2, -0.15) is 0 Å². The van der Waals surface area contributed by atoms with Gasteiger partial charge >= 0.3 is 5.91 Å². The summed E-state index contributed by atoms with van der Waals surface area (Å²) in [5.74, 6) is 0.394. The maximum atomic E-state index is 13.7. The van der Waals surface area contributed by atoms with Crippen molar-refractivity contribution in [3.63, 3.8) is 0 Å². The van der Waals surface area contributed by atoms with Gasteiger partial charge in [-0.1, -0.05) is 37.7 Å². The highest BCUT2D eigenvalue weighted by Gasteiger charge is 2.48. The molecule has 1 aliphatic heterocycles. The highest BCUT2D eigenvalue weighted by molar-refractivity contribution is 7.22. The predicted octanol–water partition coefficient (Wildman–Crippen LogP) is 6.91. The molecule has 1 N–H and O–H groups in total. The number of rotatable bonds is 12. The Balaban J connectivity index is 1.64. The van der Waals surface area contributed by atoms with Crippen LogP contribution in [0.5, 0.6) is 23.0 Å². The number of aliphatic hydroxyl groups excluding tert-OH is 1. The normalized spacial score (nSPS) is 16.1. The molecule has 3 aromatic carbocycles. The van der Waals surface area contributed by atoms with Crippen LogP contribution in [0.15, 0.2) is 66.2 Å². The highest BCUT2D eigenvalue weighted by Crippen LogP contribution is 2.46. The number of Topliss-reactive ketones (excluding diaryl/α,β-unsaturated/α-hetero) is 1. The molecule has 224 valence electrons. The molecule has 0 aliphatic carbocycles. The van der Waals surface area contributed by atoms with Crippen LogP contribution in [0.25, 0.3) is 16.0 Å². The van der Waals surface area contributed by atoms with E-state index in [-0.39, 0.29) is 11.3 Å². The van der Waals surface area contributed by atoms with E-state index in [1.165, 1.54) is 23.3 Å². The molecule has 0 radical (unpaired) electrons. The molecule has 9 nitrogen and oxygen atoms in total. The van der Waals surface area contributed by atoms with Crippen LogP contribution < -0.4 is 23.8 Å². The first-order valence-electron chi connectivity index (χ1n) is 14.2. The largest absolute Gasteiger partial charge is 0.507 e. The van der Waals surface area contributed by atoms with E-state index in [2.05, 4.69) is 11.9 Å². The second-order valence-electron chi connectivity index (χ2n) is 9.98. The Morgan fingerprint density at radius 2 is 1.65 bits per heavy atom. The summed E-state index contributed by atoms with van der Waals surface area (Å²) in [6.07, 6.45) is 2.72. The van der Waals surface area contributed by atoms with Crippen molar-refractivity contribution >= 4 is 44.1 Å². The Hall–Kier alpha value is -4.57. The predicted molar refractivity (Wildman–Crippen MR) is 167 cm³/mol. The molecular formula is C33H34N2O7S. The SMILES string of the molecule is CCCCOc1ccc(C2/C(=C(\O)c3ccc(OCCC)cc3)C(=O)C(=O)N2c2nc3ccc(OC)cc3s2)cc1OC. The summed E-state index contributed by atoms with van der Waals surface area (Å²) in [5, 5.41) is 11.9. The number of methoxy groups -OCH3 is 2. The first-order valence-corrected chi connectivity index (χ1v) is 15.0. The van der Waals surface area contributed by atoms with E-state index in [4.69, 9.17) is 18.9 Å². The van der Waals surface area contributed by atoms with E-state index >= 15 is 0 Å². The number of nitrogens with zero attached hydrogens (tertiary/aromatic N) is 2. The summed E-state index contributed by atoms with van der Waals surface area (Å²) < 4.78 is 23.4. The van der Waals surface area contributed by atoms with E-state index in [0.29, 0.717) is 58.0 Å². The Morgan fingerprint density at radius 1 is 0.884 bits per heavy atom. The van der Waals surface area contributed by atoms with E-state index in [1.54, 1.807) is 61.7 Å². The van der Waals surface area contributed by atoms with Gasteiger partial charge in [0.05, 0.1) is 49.3 Å². The molecule has 2 heterocycles. The van der Waals surface area contributed by atoms with Gasteiger partial charge in [-0.25, -0.2) is 4.98 Å². The Morgan fingerprint density at radius 3 is 2.35 bits per heavy atom. The molecule has 5 rings (SSSR count). The third kappa shape index (κ3) is 6.01. The lowest BCUT2D eigenvalue weighted by Gasteiger charge is -2.24. The van der Waals surface area contributed by atoms with Crippen LogP contribution in [0.1, 0.15) is 50.3 Å². The van der Waals surface area contributed by atoms with Crippen molar-refractivity contribution in [3.8, 4) is 23.0 Å². The first-order chi connectivity index (χ1) is 20.9. The van der Waals surface area contributed by atoms with Crippen LogP contribution in [0.3, 0.4) is 0 Å². The van der Waals surface area contributed by atoms with Crippen molar-refractivity contribution < 1.29 is 33.6 Å². The Kier molecular flexibility index (Phi) is 9.16. The molecule has 0 saturated carbocycles. The van der Waals surface area contributed by atoms with Gasteiger partial charge in [0.1, 0.15) is 17.3 Å². The number of carbonyl (C=O) groups is 2. The number of amides is 1. The minimum Gasteiger partial charge on any atom is -0.507 e. The number of unbranched alkanes of at least 4 members (excludes halogenated alkanes) is 1. The highest BCUT2D eigenvalue weighted by atomic mass is 32.1. The summed E-state index contributed by atoms with van der Waals surface area (Å²) >= 11 is 1.26. The summed E-state index contributed by atoms with van der Waals surface area (Å²) in [7, 11) is 3.11. The summed E-state index contributed by atoms with van der Waals surface area (Å²) in [6, 6.07) is 16.5. The number of hydrogen-bond donors (Lipinski definition) is 1. The van der Waals surface area contributed by atoms with E-state index in [9.17, 15) is 14.7 Å². The molecule has 10 heteroatoms. The lowest BCUT2D eigenvalue weighted by atomic mass is 9.95. The number of ether oxygens (including phenoxy) is 4. The van der Waals surface area contributed by atoms with Gasteiger partial charge in [0.25, 0.3) is 5.78 Å². The molecule has 1 fully saturated rings. The van der Waals surface area contributed by atoms with E-state index < -0.39 is 17.7 Å². The fraction of sp³-hybridized carbons (Fsp3) is 0.303. The molecule has 1 aromatic heterocycles. The molecule has 1 aliphatic rings. The van der Waals surface area contributed by atoms with Crippen molar-refractivity contribution in [2.75, 3.05) is 32.3 Å². The van der Waals surface area contributed by atoms with Crippen molar-refractivity contribution in [3.05, 3.63) is 77.4 Å². The third-order valence-electron chi connectivity index (χ3n) is 7.09. The second-order valence-corrected chi connectivity index (χ2v) is 11.0. The fourth-order valence-electron chi connectivity index (χ4n) is 4.85. The van der Waals surface area contributed by atoms with Crippen LogP contribution >= 0.6 is 11.3 Å². The second kappa shape index (κ2) is 13.2. The van der Waals surface area contributed by atoms with E-state index in [1.807, 2.05) is 13.0 Å². The topological polar surface area (TPSA) is 107 Å². The van der Waals surface area contributed by atoms with Gasteiger partial charge in [0, 0.05) is 5.56 Å². The summed E-state index contributed by atoms with van der Waals surface area (Å²) in [5.41, 5.74) is 1.54. The maximum absolute atomic E-state index is 13.7. The smallest absolute Gasteiger partial charge is 0.301 e. The molecule has 1 unspecified atom stereocenters. The van der Waals surface area contributed by atoms with Gasteiger partial charge in [0.2, 0.25) is 0 Å². The monoisotopic (exact) mass is 602 g/mol. The van der Waals surface area contributed by atoms with Gasteiger partial charge < -0.3 is 24.1 Å². The van der Waals surface area contributed by atoms with Gasteiger partial charge in [-0.15, -0.1) is 0 Å². The van der Waals surface area contributed by atoms with Crippen molar-refractivity contribution in [1.29, 1.82) is 0 Å². The quantitative estimate of drug-likeness (QED) is 0.0807. The van der Waals surface area contributed by atoms with Crippen LogP contribution in [-0.2, 0) is 9.59 Å². The Bertz CT molecular complexity index is 1660. The Labute approximate surface area is 254 Å². The molecule has 0 spiro atoms. The average molecular weight is 603 g/mol. The molecule has 1 atom stereocenters. The first kappa shape index (κ1) is 29.9. The zero-order valence-electron chi connectivity index (χ0n) is 24.6. The van der Waals surface area contributed by atoms with Crippen LogP contribution in [-0.4, -0.2) is 49.2 Å². The van der Waals surface area contributed by atoms with Crippen LogP contribution in [0, 0.1) is 0 Å². The molecule has 1 amide bonds. The van der Waals surface area contributed by atoms with Crippen LogP contribution in [0.4, 0.5) is 5.13 Å². The van der Waals surface area contributed by atoms with Crippen molar-refractivity contribution in [2.45, 2.75) is 39.2 Å². The fourth-order valence-corrected chi connectivity index (χ4v) is 5.87. The summed E-state index contributed by atoms with van der Waals surface area (Å²) in [6.45, 7) is 5.18. The number of aliphatic hydroxyl groups is 1. The number of hydrogen-bond acceptors (Lipinski definition) is 9. The van der Waals surface area contributed by atoms with Gasteiger partial charge in [0.15, 0.2) is 16.6 Å². The summed E-state index contributed by atoms with van der Waals surface area (Å²) in [4.78, 5) is 33.4. The molecule has 43 heavy (non-hydrogen) atoms. The number of carbonyl (C=O) groups excluding carboxylic acids is 2. The molecular weight excluding hydrogens is 568 g/mol. The number of anilines is 1. The van der Waals surface area contributed by atoms with Crippen molar-refractivity contribution in [2.24, 2.45) is 0 Å². The van der Waals surface area contributed by atoms with E-state index in [0.717, 1.165) is 24.0 Å². The van der Waals surface area contributed by atoms with Crippen LogP contribution in [0.2, 0.25) is 0 Å². The lowest BCUT2D eigenvalue weighted by Crippen LogP contribution is -2.29. The standard InChI is InChI=1S/C33H34N2O7S/c1-5-7-17-42-25-15-10-21(18-26(25)40-4)29-28(30(36)20-8-11-22(12-9-20)41-16-6-2)31(37)32(38)35(29)33-34-24-14-13-23(39-3)19-27(24)43-33/h8-15,18-19,29,36H,5-7,16-17H2,1-4H3/b30-28+. The maximum Gasteiger partial charge on any atom is 0.301 e. The molecule has 0 bridgehead atoms. The number of benzene rings is 3. The van der Waals surface area contributed by atoms with Gasteiger partial charge in [-0.3, -0.25) is 14.5 Å². The third-order valence-corrected chi connectivity index (χ3v) is 8.11. The van der Waals surface area contributed by atoms with Gasteiger partial charge in [-0.05, 0) is 73.0 Å². The number of fused-ring (bicyclic) bond motifs is 1. The zero-order chi connectivity index (χ0) is 30.5. The minimum atomic E-state index is -0.975. The number of ketones is 1.